The fourth-order valence-corrected chi connectivity index (χ4v) is 3.66. The summed E-state index contributed by atoms with van der Waals surface area (Å²) < 4.78 is 34.4. The minimum absolute atomic E-state index is 0.354. The molecule has 0 aliphatic carbocycles. The molecule has 0 fully saturated rings. The second-order valence-corrected chi connectivity index (χ2v) is 8.29. The normalized spacial score (nSPS) is 15.6. The van der Waals surface area contributed by atoms with Crippen molar-refractivity contribution in [2.75, 3.05) is 26.5 Å². The highest BCUT2D eigenvalue weighted by Crippen LogP contribution is 2.33. The van der Waals surface area contributed by atoms with Crippen LogP contribution < -0.4 is 9.47 Å². The average Bonchev–Trinajstić information content (AvgIpc) is 2.56. The number of ether oxygens (including phenoxy) is 2. The highest BCUT2D eigenvalue weighted by molar-refractivity contribution is 7.90. The maximum Gasteiger partial charge on any atom is 0.175 e. The Balaban J connectivity index is 1.78. The van der Waals surface area contributed by atoms with E-state index in [2.05, 4.69) is 11.0 Å². The van der Waals surface area contributed by atoms with Gasteiger partial charge in [-0.05, 0) is 30.2 Å². The van der Waals surface area contributed by atoms with E-state index in [1.807, 2.05) is 24.3 Å². The molecule has 0 aromatic heterocycles. The van der Waals surface area contributed by atoms with E-state index in [1.54, 1.807) is 19.2 Å². The summed E-state index contributed by atoms with van der Waals surface area (Å²) in [7, 11) is -1.50. The molecule has 0 atom stereocenters. The van der Waals surface area contributed by atoms with Gasteiger partial charge in [0.1, 0.15) is 0 Å². The molecule has 0 bridgehead atoms. The fourth-order valence-electron chi connectivity index (χ4n) is 3.03. The highest BCUT2D eigenvalue weighted by atomic mass is 32.2. The van der Waals surface area contributed by atoms with Crippen LogP contribution >= 0.6 is 0 Å². The summed E-state index contributed by atoms with van der Waals surface area (Å²) in [4.78, 5) is 2.70. The molecule has 0 amide bonds. The Hall–Kier alpha value is -2.05. The first kappa shape index (κ1) is 17.8. The molecule has 1 aliphatic rings. The molecule has 0 unspecified atom stereocenters. The van der Waals surface area contributed by atoms with Gasteiger partial charge in [-0.2, -0.15) is 0 Å². The van der Waals surface area contributed by atoms with Gasteiger partial charge in [-0.3, -0.25) is 4.90 Å². The zero-order chi connectivity index (χ0) is 17.9. The van der Waals surface area contributed by atoms with Crippen LogP contribution in [0.25, 0.3) is 0 Å². The Morgan fingerprint density at radius 2 is 1.92 bits per heavy atom. The molecule has 1 heterocycles. The van der Waals surface area contributed by atoms with Crippen molar-refractivity contribution in [2.45, 2.75) is 24.4 Å². The van der Waals surface area contributed by atoms with E-state index >= 15 is 0 Å². The summed E-state index contributed by atoms with van der Waals surface area (Å²) in [5.41, 5.74) is 2.20. The van der Waals surface area contributed by atoms with Crippen LogP contribution in [0.5, 0.6) is 11.5 Å². The lowest BCUT2D eigenvalue weighted by molar-refractivity contribution is 0.195. The quantitative estimate of drug-likeness (QED) is 0.838. The highest BCUT2D eigenvalue weighted by Gasteiger charge is 2.17. The first-order valence-corrected chi connectivity index (χ1v) is 10.2. The number of fused-ring (bicyclic) bond motifs is 1. The van der Waals surface area contributed by atoms with Crippen molar-refractivity contribution in [1.29, 1.82) is 0 Å². The zero-order valence-electron chi connectivity index (χ0n) is 14.6. The maximum atomic E-state index is 11.6. The van der Waals surface area contributed by atoms with E-state index in [9.17, 15) is 8.42 Å². The van der Waals surface area contributed by atoms with Gasteiger partial charge in [0.2, 0.25) is 0 Å². The molecular weight excluding hydrogens is 338 g/mol. The Morgan fingerprint density at radius 1 is 1.16 bits per heavy atom. The summed E-state index contributed by atoms with van der Waals surface area (Å²) in [6.07, 6.45) is 2.16. The molecule has 134 valence electrons. The van der Waals surface area contributed by atoms with Gasteiger partial charge in [-0.25, -0.2) is 8.42 Å². The number of nitrogens with zero attached hydrogens (tertiary/aromatic N) is 1. The number of rotatable bonds is 4. The first-order chi connectivity index (χ1) is 12.0. The topological polar surface area (TPSA) is 55.8 Å². The molecule has 0 saturated carbocycles. The number of benzene rings is 2. The van der Waals surface area contributed by atoms with E-state index < -0.39 is 9.84 Å². The third-order valence-corrected chi connectivity index (χ3v) is 5.43. The predicted octanol–water partition coefficient (Wildman–Crippen LogP) is 2.88. The SMILES string of the molecule is COc1cccc2c1OCCCN(Cc1ccc(S(C)(=O)=O)cc1)C2. The summed E-state index contributed by atoms with van der Waals surface area (Å²) >= 11 is 0. The van der Waals surface area contributed by atoms with Crippen molar-refractivity contribution >= 4 is 9.84 Å². The van der Waals surface area contributed by atoms with Crippen LogP contribution in [0.2, 0.25) is 0 Å². The monoisotopic (exact) mass is 361 g/mol. The van der Waals surface area contributed by atoms with E-state index in [4.69, 9.17) is 9.47 Å². The van der Waals surface area contributed by atoms with Gasteiger partial charge in [0.05, 0.1) is 18.6 Å². The second-order valence-electron chi connectivity index (χ2n) is 6.28. The Labute approximate surface area is 149 Å². The van der Waals surface area contributed by atoms with E-state index in [-0.39, 0.29) is 0 Å². The maximum absolute atomic E-state index is 11.6. The minimum atomic E-state index is -3.16. The Bertz CT molecular complexity index is 831. The van der Waals surface area contributed by atoms with Crippen molar-refractivity contribution in [3.63, 3.8) is 0 Å². The fraction of sp³-hybridized carbons (Fsp3) is 0.368. The summed E-state index contributed by atoms with van der Waals surface area (Å²) in [5, 5.41) is 0. The number of para-hydroxylation sites is 1. The van der Waals surface area contributed by atoms with Gasteiger partial charge < -0.3 is 9.47 Å². The van der Waals surface area contributed by atoms with Gasteiger partial charge in [-0.1, -0.05) is 24.3 Å². The van der Waals surface area contributed by atoms with Gasteiger partial charge in [-0.15, -0.1) is 0 Å². The second kappa shape index (κ2) is 7.45. The number of hydrogen-bond donors (Lipinski definition) is 0. The van der Waals surface area contributed by atoms with Crippen molar-refractivity contribution in [1.82, 2.24) is 4.90 Å². The molecule has 3 rings (SSSR count). The van der Waals surface area contributed by atoms with Gasteiger partial charge in [0.15, 0.2) is 21.3 Å². The molecule has 25 heavy (non-hydrogen) atoms. The lowest BCUT2D eigenvalue weighted by Gasteiger charge is -2.27. The van der Waals surface area contributed by atoms with Gasteiger partial charge in [0, 0.05) is 31.5 Å². The molecule has 0 saturated heterocycles. The lowest BCUT2D eigenvalue weighted by atomic mass is 10.1. The third kappa shape index (κ3) is 4.32. The van der Waals surface area contributed by atoms with E-state index in [0.717, 1.165) is 48.7 Å². The van der Waals surface area contributed by atoms with Gasteiger partial charge >= 0.3 is 0 Å². The number of methoxy groups -OCH3 is 1. The van der Waals surface area contributed by atoms with Crippen molar-refractivity contribution in [3.8, 4) is 11.5 Å². The molecule has 0 spiro atoms. The lowest BCUT2D eigenvalue weighted by Crippen LogP contribution is -2.27. The molecule has 2 aromatic carbocycles. The Morgan fingerprint density at radius 3 is 2.60 bits per heavy atom. The van der Waals surface area contributed by atoms with Crippen LogP contribution in [0.1, 0.15) is 17.5 Å². The molecule has 0 radical (unpaired) electrons. The minimum Gasteiger partial charge on any atom is -0.493 e. The molecule has 6 heteroatoms. The third-order valence-electron chi connectivity index (χ3n) is 4.30. The first-order valence-electron chi connectivity index (χ1n) is 8.27. The predicted molar refractivity (Wildman–Crippen MR) is 96.8 cm³/mol. The number of sulfone groups is 1. The zero-order valence-corrected chi connectivity index (χ0v) is 15.4. The average molecular weight is 361 g/mol. The molecule has 5 nitrogen and oxygen atoms in total. The molecule has 1 aliphatic heterocycles. The summed E-state index contributed by atoms with van der Waals surface area (Å²) in [6.45, 7) is 3.10. The van der Waals surface area contributed by atoms with Crippen molar-refractivity contribution < 1.29 is 17.9 Å². The van der Waals surface area contributed by atoms with E-state index in [1.165, 1.54) is 6.26 Å². The van der Waals surface area contributed by atoms with E-state index in [0.29, 0.717) is 11.5 Å². The van der Waals surface area contributed by atoms with Crippen LogP contribution in [0.4, 0.5) is 0 Å². The van der Waals surface area contributed by atoms with Crippen molar-refractivity contribution in [2.24, 2.45) is 0 Å². The molecular formula is C19H23NO4S. The smallest absolute Gasteiger partial charge is 0.175 e. The standard InChI is InChI=1S/C19H23NO4S/c1-23-18-6-3-5-16-14-20(11-4-12-24-19(16)18)13-15-7-9-17(10-8-15)25(2,21)22/h3,5-10H,4,11-14H2,1-2H3. The van der Waals surface area contributed by atoms with Crippen LogP contribution in [0.15, 0.2) is 47.4 Å². The molecule has 2 aromatic rings. The summed E-state index contributed by atoms with van der Waals surface area (Å²) in [6, 6.07) is 13.1. The molecule has 0 N–H and O–H groups in total. The van der Waals surface area contributed by atoms with Gasteiger partial charge in [0.25, 0.3) is 0 Å². The number of hydrogen-bond acceptors (Lipinski definition) is 5. The Kier molecular flexibility index (Phi) is 5.30. The summed E-state index contributed by atoms with van der Waals surface area (Å²) in [5.74, 6) is 1.58. The van der Waals surface area contributed by atoms with Crippen LogP contribution in [0, 0.1) is 0 Å². The van der Waals surface area contributed by atoms with Crippen LogP contribution in [0.3, 0.4) is 0 Å². The van der Waals surface area contributed by atoms with Crippen LogP contribution in [-0.4, -0.2) is 39.8 Å². The van der Waals surface area contributed by atoms with Crippen molar-refractivity contribution in [3.05, 3.63) is 53.6 Å². The van der Waals surface area contributed by atoms with Crippen LogP contribution in [-0.2, 0) is 22.9 Å². The largest absolute Gasteiger partial charge is 0.493 e.